The molecule has 1 aliphatic heterocycles. The van der Waals surface area contributed by atoms with Crippen LogP contribution in [0.4, 0.5) is 17.3 Å². The molecule has 5 rings (SSSR count). The molecule has 0 saturated carbocycles. The van der Waals surface area contributed by atoms with Crippen LogP contribution in [0.1, 0.15) is 5.56 Å². The molecule has 0 bridgehead atoms. The topological polar surface area (TPSA) is 77.2 Å². The van der Waals surface area contributed by atoms with E-state index in [1.54, 1.807) is 12.4 Å². The maximum absolute atomic E-state index is 12.3. The number of fused-ring (bicyclic) bond motifs is 1. The van der Waals surface area contributed by atoms with E-state index in [0.717, 1.165) is 54.3 Å². The minimum atomic E-state index is -0.0527. The van der Waals surface area contributed by atoms with E-state index in [1.165, 1.54) is 5.69 Å². The van der Waals surface area contributed by atoms with Gasteiger partial charge in [0.2, 0.25) is 5.95 Å². The largest absolute Gasteiger partial charge is 0.381 e. The lowest BCUT2D eigenvalue weighted by Crippen LogP contribution is -2.47. The molecule has 2 aromatic heterocycles. The molecule has 1 saturated heterocycles. The van der Waals surface area contributed by atoms with Crippen molar-refractivity contribution >= 4 is 28.2 Å². The lowest BCUT2D eigenvalue weighted by molar-refractivity contribution is 0.640. The zero-order chi connectivity index (χ0) is 21.0. The molecule has 31 heavy (non-hydrogen) atoms. The van der Waals surface area contributed by atoms with Crippen molar-refractivity contribution in [3.63, 3.8) is 0 Å². The first-order valence-corrected chi connectivity index (χ1v) is 10.5. The molecule has 0 amide bonds. The van der Waals surface area contributed by atoms with Crippen LogP contribution in [0.5, 0.6) is 0 Å². The van der Waals surface area contributed by atoms with Gasteiger partial charge in [0.05, 0.1) is 0 Å². The Morgan fingerprint density at radius 2 is 1.58 bits per heavy atom. The van der Waals surface area contributed by atoms with E-state index in [4.69, 9.17) is 0 Å². The Morgan fingerprint density at radius 1 is 0.871 bits per heavy atom. The average Bonchev–Trinajstić information content (AvgIpc) is 2.84. The van der Waals surface area contributed by atoms with Crippen molar-refractivity contribution in [3.8, 4) is 0 Å². The highest BCUT2D eigenvalue weighted by atomic mass is 16.1. The van der Waals surface area contributed by atoms with Crippen molar-refractivity contribution in [3.05, 3.63) is 89.0 Å². The molecule has 0 aliphatic carbocycles. The Bertz CT molecular complexity index is 1210. The van der Waals surface area contributed by atoms with Gasteiger partial charge in [-0.15, -0.1) is 0 Å². The van der Waals surface area contributed by atoms with E-state index >= 15 is 0 Å². The molecular weight excluding hydrogens is 388 g/mol. The zero-order valence-electron chi connectivity index (χ0n) is 17.2. The van der Waals surface area contributed by atoms with Crippen LogP contribution >= 0.6 is 0 Å². The summed E-state index contributed by atoms with van der Waals surface area (Å²) in [5.74, 6) is 0.797. The first-order chi connectivity index (χ1) is 15.3. The first-order valence-electron chi connectivity index (χ1n) is 10.5. The van der Waals surface area contributed by atoms with Crippen LogP contribution in [-0.4, -0.2) is 41.1 Å². The summed E-state index contributed by atoms with van der Waals surface area (Å²) in [6, 6.07) is 20.0. The number of H-pyrrole nitrogens is 1. The molecule has 0 unspecified atom stereocenters. The number of para-hydroxylation sites is 1. The van der Waals surface area contributed by atoms with Crippen LogP contribution in [0.15, 0.2) is 77.9 Å². The van der Waals surface area contributed by atoms with Crippen molar-refractivity contribution in [2.24, 2.45) is 0 Å². The van der Waals surface area contributed by atoms with Gasteiger partial charge in [-0.2, -0.15) is 0 Å². The highest BCUT2D eigenvalue weighted by Crippen LogP contribution is 2.21. The second-order valence-electron chi connectivity index (χ2n) is 7.63. The summed E-state index contributed by atoms with van der Waals surface area (Å²) in [7, 11) is 0. The Kier molecular flexibility index (Phi) is 5.22. The summed E-state index contributed by atoms with van der Waals surface area (Å²) in [6.07, 6.45) is 3.57. The lowest BCUT2D eigenvalue weighted by atomic mass is 10.1. The van der Waals surface area contributed by atoms with Crippen LogP contribution in [0.3, 0.4) is 0 Å². The number of aromatic amines is 1. The fourth-order valence-electron chi connectivity index (χ4n) is 3.93. The van der Waals surface area contributed by atoms with Gasteiger partial charge in [-0.3, -0.25) is 4.79 Å². The van der Waals surface area contributed by atoms with Gasteiger partial charge in [0.1, 0.15) is 0 Å². The normalized spacial score (nSPS) is 14.1. The highest BCUT2D eigenvalue weighted by molar-refractivity contribution is 5.78. The van der Waals surface area contributed by atoms with Crippen LogP contribution in [0.25, 0.3) is 10.9 Å². The van der Waals surface area contributed by atoms with Crippen LogP contribution in [0, 0.1) is 0 Å². The quantitative estimate of drug-likeness (QED) is 0.524. The Hall–Kier alpha value is -3.87. The van der Waals surface area contributed by atoms with E-state index in [9.17, 15) is 4.79 Å². The van der Waals surface area contributed by atoms with E-state index in [2.05, 4.69) is 54.3 Å². The molecular formula is C24H24N6O. The van der Waals surface area contributed by atoms with Gasteiger partial charge < -0.3 is 20.1 Å². The van der Waals surface area contributed by atoms with Gasteiger partial charge >= 0.3 is 0 Å². The predicted molar refractivity (Wildman–Crippen MR) is 125 cm³/mol. The number of nitrogens with one attached hydrogen (secondary N) is 2. The van der Waals surface area contributed by atoms with E-state index in [-0.39, 0.29) is 5.56 Å². The molecule has 4 aromatic rings. The summed E-state index contributed by atoms with van der Waals surface area (Å²) < 4.78 is 0. The fraction of sp³-hybridized carbons (Fsp3) is 0.208. The highest BCUT2D eigenvalue weighted by Gasteiger charge is 2.18. The average molecular weight is 412 g/mol. The predicted octanol–water partition coefficient (Wildman–Crippen LogP) is 3.26. The molecule has 7 nitrogen and oxygen atoms in total. The number of aromatic nitrogens is 3. The van der Waals surface area contributed by atoms with E-state index < -0.39 is 0 Å². The van der Waals surface area contributed by atoms with Crippen LogP contribution in [0.2, 0.25) is 0 Å². The molecule has 3 heterocycles. The van der Waals surface area contributed by atoms with Crippen molar-refractivity contribution < 1.29 is 0 Å². The van der Waals surface area contributed by atoms with Gasteiger partial charge in [-0.1, -0.05) is 18.2 Å². The van der Waals surface area contributed by atoms with Crippen molar-refractivity contribution in [1.29, 1.82) is 0 Å². The van der Waals surface area contributed by atoms with Gasteiger partial charge in [-0.25, -0.2) is 9.97 Å². The Labute approximate surface area is 180 Å². The number of benzene rings is 2. The molecule has 0 radical (unpaired) electrons. The molecule has 7 heteroatoms. The van der Waals surface area contributed by atoms with Crippen molar-refractivity contribution in [2.45, 2.75) is 6.54 Å². The minimum absolute atomic E-state index is 0.0527. The monoisotopic (exact) mass is 412 g/mol. The summed E-state index contributed by atoms with van der Waals surface area (Å²) in [5, 5.41) is 4.40. The van der Waals surface area contributed by atoms with Gasteiger partial charge in [-0.05, 0) is 47.9 Å². The molecule has 2 N–H and O–H groups in total. The third-order valence-corrected chi connectivity index (χ3v) is 5.66. The summed E-state index contributed by atoms with van der Waals surface area (Å²) in [5.41, 5.74) is 3.72. The number of nitrogens with zero attached hydrogens (tertiary/aromatic N) is 4. The summed E-state index contributed by atoms with van der Waals surface area (Å²) in [4.78, 5) is 28.6. The Balaban J connectivity index is 1.20. The Morgan fingerprint density at radius 3 is 2.35 bits per heavy atom. The maximum Gasteiger partial charge on any atom is 0.253 e. The fourth-order valence-corrected chi connectivity index (χ4v) is 3.93. The number of hydrogen-bond donors (Lipinski definition) is 2. The standard InChI is InChI=1S/C24H24N6O/c31-23-19(16-18-4-1-2-5-22(18)28-23)17-27-20-6-8-21(9-7-20)29-12-14-30(15-13-29)24-25-10-3-11-26-24/h1-11,16,27H,12-15,17H2,(H,28,31). The van der Waals surface area contributed by atoms with E-state index in [1.807, 2.05) is 36.4 Å². The molecule has 156 valence electrons. The van der Waals surface area contributed by atoms with Crippen molar-refractivity contribution in [1.82, 2.24) is 15.0 Å². The first kappa shape index (κ1) is 19.1. The smallest absolute Gasteiger partial charge is 0.253 e. The van der Waals surface area contributed by atoms with Crippen molar-refractivity contribution in [2.75, 3.05) is 41.3 Å². The molecule has 1 fully saturated rings. The van der Waals surface area contributed by atoms with E-state index in [0.29, 0.717) is 6.54 Å². The van der Waals surface area contributed by atoms with Gasteiger partial charge in [0, 0.05) is 67.6 Å². The third-order valence-electron chi connectivity index (χ3n) is 5.66. The molecule has 2 aromatic carbocycles. The number of rotatable bonds is 5. The molecule has 1 aliphatic rings. The molecule has 0 atom stereocenters. The van der Waals surface area contributed by atoms with Gasteiger partial charge in [0.25, 0.3) is 5.56 Å². The lowest BCUT2D eigenvalue weighted by Gasteiger charge is -2.36. The second-order valence-corrected chi connectivity index (χ2v) is 7.63. The van der Waals surface area contributed by atoms with Crippen LogP contribution in [-0.2, 0) is 6.54 Å². The van der Waals surface area contributed by atoms with Gasteiger partial charge in [0.15, 0.2) is 0 Å². The molecule has 0 spiro atoms. The number of piperazine rings is 1. The minimum Gasteiger partial charge on any atom is -0.381 e. The number of hydrogen-bond acceptors (Lipinski definition) is 6. The second kappa shape index (κ2) is 8.47. The number of pyridine rings is 1. The third kappa shape index (κ3) is 4.21. The zero-order valence-corrected chi connectivity index (χ0v) is 17.2. The van der Waals surface area contributed by atoms with Crippen LogP contribution < -0.4 is 20.7 Å². The maximum atomic E-state index is 12.3. The summed E-state index contributed by atoms with van der Waals surface area (Å²) in [6.45, 7) is 4.13. The SMILES string of the molecule is O=c1[nH]c2ccccc2cc1CNc1ccc(N2CCN(c3ncccn3)CC2)cc1. The summed E-state index contributed by atoms with van der Waals surface area (Å²) >= 11 is 0. The number of anilines is 3.